The largest absolute Gasteiger partial charge is 0.325 e. The third kappa shape index (κ3) is 4.20. The fraction of sp³-hybridized carbons (Fsp3) is 0.375. The van der Waals surface area contributed by atoms with Crippen LogP contribution in [-0.2, 0) is 21.4 Å². The summed E-state index contributed by atoms with van der Waals surface area (Å²) < 4.78 is 27.5. The predicted octanol–water partition coefficient (Wildman–Crippen LogP) is 2.43. The number of nitrogens with one attached hydrogen (secondary N) is 1. The summed E-state index contributed by atoms with van der Waals surface area (Å²) in [6, 6.07) is 6.96. The molecule has 0 aliphatic heterocycles. The van der Waals surface area contributed by atoms with Crippen molar-refractivity contribution in [2.75, 3.05) is 19.4 Å². The first-order chi connectivity index (χ1) is 11.6. The zero-order valence-corrected chi connectivity index (χ0v) is 16.1. The minimum atomic E-state index is -3.58. The average Bonchev–Trinajstić information content (AvgIpc) is 2.82. The Kier molecular flexibility index (Phi) is 5.87. The quantitative estimate of drug-likeness (QED) is 0.828. The van der Waals surface area contributed by atoms with E-state index in [1.807, 2.05) is 0 Å². The Morgan fingerprint density at radius 3 is 2.52 bits per heavy atom. The minimum Gasteiger partial charge on any atom is -0.325 e. The maximum atomic E-state index is 12.4. The lowest BCUT2D eigenvalue weighted by atomic mass is 10.3. The Morgan fingerprint density at radius 2 is 1.92 bits per heavy atom. The van der Waals surface area contributed by atoms with Crippen LogP contribution in [0.2, 0.25) is 5.02 Å². The maximum Gasteiger partial charge on any atom is 0.246 e. The van der Waals surface area contributed by atoms with Gasteiger partial charge in [0.2, 0.25) is 15.9 Å². The van der Waals surface area contributed by atoms with Crippen LogP contribution in [0.1, 0.15) is 17.8 Å². The molecule has 0 atom stereocenters. The Labute approximate surface area is 152 Å². The van der Waals surface area contributed by atoms with Crippen molar-refractivity contribution in [1.29, 1.82) is 0 Å². The standard InChI is InChI=1S/C16H21ClN4O3S/c1-11-16(25(23,24)20(3)4)12(2)21(19-11)10-9-15(22)18-14-8-6-5-7-13(14)17/h5-8H,9-10H2,1-4H3,(H,18,22). The zero-order valence-electron chi connectivity index (χ0n) is 14.6. The van der Waals surface area contributed by atoms with E-state index >= 15 is 0 Å². The monoisotopic (exact) mass is 384 g/mol. The molecule has 0 bridgehead atoms. The molecule has 1 N–H and O–H groups in total. The number of amides is 1. The van der Waals surface area contributed by atoms with E-state index in [0.717, 1.165) is 4.31 Å². The van der Waals surface area contributed by atoms with Crippen molar-refractivity contribution in [1.82, 2.24) is 14.1 Å². The maximum absolute atomic E-state index is 12.4. The number of aromatic nitrogens is 2. The Hall–Kier alpha value is -1.90. The number of carbonyl (C=O) groups excluding carboxylic acids is 1. The lowest BCUT2D eigenvalue weighted by Gasteiger charge is -2.12. The van der Waals surface area contributed by atoms with Gasteiger partial charge in [0.1, 0.15) is 4.90 Å². The van der Waals surface area contributed by atoms with Gasteiger partial charge in [0.05, 0.1) is 28.6 Å². The molecule has 0 fully saturated rings. The van der Waals surface area contributed by atoms with Crippen molar-refractivity contribution in [3.63, 3.8) is 0 Å². The number of benzene rings is 1. The number of rotatable bonds is 6. The molecule has 2 rings (SSSR count). The highest BCUT2D eigenvalue weighted by molar-refractivity contribution is 7.89. The molecular weight excluding hydrogens is 364 g/mol. The summed E-state index contributed by atoms with van der Waals surface area (Å²) in [6.07, 6.45) is 0.147. The molecule has 0 unspecified atom stereocenters. The van der Waals surface area contributed by atoms with Crippen LogP contribution in [-0.4, -0.2) is 42.5 Å². The van der Waals surface area contributed by atoms with Gasteiger partial charge in [-0.05, 0) is 26.0 Å². The number of halogens is 1. The van der Waals surface area contributed by atoms with Gasteiger partial charge in [0, 0.05) is 20.5 Å². The minimum absolute atomic E-state index is 0.147. The number of hydrogen-bond donors (Lipinski definition) is 1. The van der Waals surface area contributed by atoms with E-state index in [1.165, 1.54) is 18.8 Å². The number of para-hydroxylation sites is 1. The molecule has 0 saturated carbocycles. The second kappa shape index (κ2) is 7.55. The summed E-state index contributed by atoms with van der Waals surface area (Å²) in [5.74, 6) is -0.224. The van der Waals surface area contributed by atoms with E-state index in [-0.39, 0.29) is 23.8 Å². The van der Waals surface area contributed by atoms with Crippen LogP contribution >= 0.6 is 11.6 Å². The van der Waals surface area contributed by atoms with Crippen LogP contribution in [0, 0.1) is 13.8 Å². The molecule has 0 spiro atoms. The number of sulfonamides is 1. The normalized spacial score (nSPS) is 11.8. The van der Waals surface area contributed by atoms with E-state index in [0.29, 0.717) is 22.1 Å². The fourth-order valence-electron chi connectivity index (χ4n) is 2.44. The highest BCUT2D eigenvalue weighted by atomic mass is 35.5. The third-order valence-electron chi connectivity index (χ3n) is 3.75. The SMILES string of the molecule is Cc1nn(CCC(=O)Nc2ccccc2Cl)c(C)c1S(=O)(=O)N(C)C. The smallest absolute Gasteiger partial charge is 0.246 e. The molecule has 0 saturated heterocycles. The van der Waals surface area contributed by atoms with Gasteiger partial charge in [-0.1, -0.05) is 23.7 Å². The lowest BCUT2D eigenvalue weighted by Crippen LogP contribution is -2.23. The Bertz CT molecular complexity index is 891. The predicted molar refractivity (Wildman–Crippen MR) is 97.3 cm³/mol. The molecule has 0 radical (unpaired) electrons. The molecule has 136 valence electrons. The van der Waals surface area contributed by atoms with Crippen molar-refractivity contribution in [3.05, 3.63) is 40.7 Å². The van der Waals surface area contributed by atoms with Gasteiger partial charge in [-0.2, -0.15) is 5.10 Å². The second-order valence-electron chi connectivity index (χ2n) is 5.79. The first-order valence-electron chi connectivity index (χ1n) is 7.65. The zero-order chi connectivity index (χ0) is 18.8. The molecule has 1 aromatic heterocycles. The van der Waals surface area contributed by atoms with Crippen LogP contribution in [0.4, 0.5) is 5.69 Å². The van der Waals surface area contributed by atoms with Crippen molar-refractivity contribution < 1.29 is 13.2 Å². The third-order valence-corrected chi connectivity index (χ3v) is 6.15. The molecule has 1 aromatic carbocycles. The van der Waals surface area contributed by atoms with E-state index in [1.54, 1.807) is 38.1 Å². The van der Waals surface area contributed by atoms with Crippen molar-refractivity contribution in [2.45, 2.75) is 31.7 Å². The van der Waals surface area contributed by atoms with Gasteiger partial charge in [-0.15, -0.1) is 0 Å². The topological polar surface area (TPSA) is 84.3 Å². The molecular formula is C16H21ClN4O3S. The van der Waals surface area contributed by atoms with Crippen LogP contribution in [0.5, 0.6) is 0 Å². The summed E-state index contributed by atoms with van der Waals surface area (Å²) >= 11 is 6.01. The fourth-order valence-corrected chi connectivity index (χ4v) is 3.88. The second-order valence-corrected chi connectivity index (χ2v) is 8.28. The molecule has 25 heavy (non-hydrogen) atoms. The molecule has 1 heterocycles. The first-order valence-corrected chi connectivity index (χ1v) is 9.47. The number of carbonyl (C=O) groups is 1. The molecule has 2 aromatic rings. The molecule has 9 heteroatoms. The molecule has 0 aliphatic rings. The average molecular weight is 385 g/mol. The van der Waals surface area contributed by atoms with Gasteiger partial charge >= 0.3 is 0 Å². The Morgan fingerprint density at radius 1 is 1.28 bits per heavy atom. The van der Waals surface area contributed by atoms with Gasteiger partial charge in [-0.25, -0.2) is 12.7 Å². The van der Waals surface area contributed by atoms with Gasteiger partial charge in [0.25, 0.3) is 0 Å². The van der Waals surface area contributed by atoms with E-state index in [2.05, 4.69) is 10.4 Å². The lowest BCUT2D eigenvalue weighted by molar-refractivity contribution is -0.116. The highest BCUT2D eigenvalue weighted by Gasteiger charge is 2.26. The van der Waals surface area contributed by atoms with Crippen LogP contribution in [0.3, 0.4) is 0 Å². The van der Waals surface area contributed by atoms with Gasteiger partial charge in [-0.3, -0.25) is 9.48 Å². The first kappa shape index (κ1) is 19.4. The van der Waals surface area contributed by atoms with Crippen LogP contribution < -0.4 is 5.32 Å². The van der Waals surface area contributed by atoms with Crippen LogP contribution in [0.25, 0.3) is 0 Å². The molecule has 7 nitrogen and oxygen atoms in total. The number of hydrogen-bond acceptors (Lipinski definition) is 4. The number of aryl methyl sites for hydroxylation is 2. The molecule has 0 aliphatic carbocycles. The van der Waals surface area contributed by atoms with E-state index in [4.69, 9.17) is 11.6 Å². The van der Waals surface area contributed by atoms with Crippen molar-refractivity contribution >= 4 is 33.2 Å². The van der Waals surface area contributed by atoms with Gasteiger partial charge in [0.15, 0.2) is 0 Å². The summed E-state index contributed by atoms with van der Waals surface area (Å²) in [5.41, 5.74) is 1.47. The van der Waals surface area contributed by atoms with Crippen molar-refractivity contribution in [3.8, 4) is 0 Å². The highest BCUT2D eigenvalue weighted by Crippen LogP contribution is 2.23. The summed E-state index contributed by atoms with van der Waals surface area (Å²) in [6.45, 7) is 3.60. The van der Waals surface area contributed by atoms with E-state index < -0.39 is 10.0 Å². The van der Waals surface area contributed by atoms with E-state index in [9.17, 15) is 13.2 Å². The summed E-state index contributed by atoms with van der Waals surface area (Å²) in [4.78, 5) is 12.3. The Balaban J connectivity index is 2.12. The summed E-state index contributed by atoms with van der Waals surface area (Å²) in [5, 5.41) is 7.45. The number of anilines is 1. The molecule has 1 amide bonds. The van der Waals surface area contributed by atoms with Crippen molar-refractivity contribution in [2.24, 2.45) is 0 Å². The van der Waals surface area contributed by atoms with Gasteiger partial charge < -0.3 is 5.32 Å². The van der Waals surface area contributed by atoms with Crippen LogP contribution in [0.15, 0.2) is 29.2 Å². The summed E-state index contributed by atoms with van der Waals surface area (Å²) in [7, 11) is -0.629. The number of nitrogens with zero attached hydrogens (tertiary/aromatic N) is 3.